The van der Waals surface area contributed by atoms with Crippen LogP contribution in [-0.2, 0) is 0 Å². The third kappa shape index (κ3) is 2.26. The summed E-state index contributed by atoms with van der Waals surface area (Å²) in [6.07, 6.45) is 8.10. The Morgan fingerprint density at radius 2 is 2.00 bits per heavy atom. The second-order valence-electron chi connectivity index (χ2n) is 3.70. The standard InChI is InChI=1S/C10H12BrClN2/c11-8-6-13-10(14-9(8)12)7-4-2-1-3-5-7/h6-7H,1-5H2. The molecule has 1 heterocycles. The molecule has 1 aromatic heterocycles. The summed E-state index contributed by atoms with van der Waals surface area (Å²) >= 11 is 9.23. The van der Waals surface area contributed by atoms with Gasteiger partial charge in [-0.15, -0.1) is 0 Å². The molecular weight excluding hydrogens is 263 g/mol. The molecule has 1 saturated carbocycles. The SMILES string of the molecule is Clc1nc(C2CCCCC2)ncc1Br. The van der Waals surface area contributed by atoms with E-state index in [0.717, 1.165) is 10.3 Å². The first-order valence-electron chi connectivity index (χ1n) is 4.95. The molecule has 0 aliphatic heterocycles. The van der Waals surface area contributed by atoms with Crippen LogP contribution >= 0.6 is 27.5 Å². The Bertz CT molecular complexity index is 324. The van der Waals surface area contributed by atoms with E-state index in [-0.39, 0.29) is 0 Å². The highest BCUT2D eigenvalue weighted by atomic mass is 79.9. The van der Waals surface area contributed by atoms with Crippen LogP contribution in [0.15, 0.2) is 10.7 Å². The zero-order valence-electron chi connectivity index (χ0n) is 7.84. The summed E-state index contributed by atoms with van der Waals surface area (Å²) in [4.78, 5) is 8.62. The van der Waals surface area contributed by atoms with Crippen molar-refractivity contribution in [3.63, 3.8) is 0 Å². The molecule has 76 valence electrons. The zero-order valence-corrected chi connectivity index (χ0v) is 10.2. The van der Waals surface area contributed by atoms with Crippen molar-refractivity contribution in [2.24, 2.45) is 0 Å². The summed E-state index contributed by atoms with van der Waals surface area (Å²) in [5, 5.41) is 0.528. The Kier molecular flexibility index (Phi) is 3.39. The van der Waals surface area contributed by atoms with Gasteiger partial charge in [-0.25, -0.2) is 9.97 Å². The van der Waals surface area contributed by atoms with E-state index in [4.69, 9.17) is 11.6 Å². The number of rotatable bonds is 1. The molecule has 0 unspecified atom stereocenters. The molecular formula is C10H12BrClN2. The van der Waals surface area contributed by atoms with Crippen LogP contribution in [-0.4, -0.2) is 9.97 Å². The zero-order chi connectivity index (χ0) is 9.97. The second kappa shape index (κ2) is 4.58. The normalized spacial score (nSPS) is 18.4. The molecule has 14 heavy (non-hydrogen) atoms. The lowest BCUT2D eigenvalue weighted by Crippen LogP contribution is -2.08. The van der Waals surface area contributed by atoms with Crippen LogP contribution in [0.4, 0.5) is 0 Å². The van der Waals surface area contributed by atoms with E-state index in [1.165, 1.54) is 32.1 Å². The molecule has 2 nitrogen and oxygen atoms in total. The first-order chi connectivity index (χ1) is 6.77. The second-order valence-corrected chi connectivity index (χ2v) is 4.91. The van der Waals surface area contributed by atoms with Crippen molar-refractivity contribution in [2.45, 2.75) is 38.0 Å². The van der Waals surface area contributed by atoms with Gasteiger partial charge in [-0.1, -0.05) is 30.9 Å². The Morgan fingerprint density at radius 1 is 1.29 bits per heavy atom. The summed E-state index contributed by atoms with van der Waals surface area (Å²) < 4.78 is 0.777. The maximum atomic E-state index is 5.94. The van der Waals surface area contributed by atoms with Crippen molar-refractivity contribution in [3.05, 3.63) is 21.6 Å². The summed E-state index contributed by atoms with van der Waals surface area (Å²) in [5.41, 5.74) is 0. The third-order valence-corrected chi connectivity index (χ3v) is 3.79. The van der Waals surface area contributed by atoms with Gasteiger partial charge in [0.15, 0.2) is 0 Å². The summed E-state index contributed by atoms with van der Waals surface area (Å²) in [6, 6.07) is 0. The highest BCUT2D eigenvalue weighted by Gasteiger charge is 2.18. The minimum Gasteiger partial charge on any atom is -0.240 e. The fourth-order valence-corrected chi connectivity index (χ4v) is 2.24. The molecule has 2 rings (SSSR count). The van der Waals surface area contributed by atoms with E-state index in [2.05, 4.69) is 25.9 Å². The molecule has 0 N–H and O–H groups in total. The molecule has 0 bridgehead atoms. The van der Waals surface area contributed by atoms with Crippen LogP contribution in [0.1, 0.15) is 43.8 Å². The molecule has 1 aromatic rings. The Morgan fingerprint density at radius 3 is 2.64 bits per heavy atom. The average molecular weight is 276 g/mol. The average Bonchev–Trinajstić information content (AvgIpc) is 2.23. The largest absolute Gasteiger partial charge is 0.240 e. The molecule has 0 atom stereocenters. The lowest BCUT2D eigenvalue weighted by Gasteiger charge is -2.20. The Balaban J connectivity index is 2.18. The maximum absolute atomic E-state index is 5.94. The Hall–Kier alpha value is -0.150. The van der Waals surface area contributed by atoms with Gasteiger partial charge in [0.1, 0.15) is 11.0 Å². The predicted octanol–water partition coefficient (Wildman–Crippen LogP) is 3.94. The number of hydrogen-bond acceptors (Lipinski definition) is 2. The minimum atomic E-state index is 0.523. The first kappa shape index (κ1) is 10.4. The number of hydrogen-bond donors (Lipinski definition) is 0. The molecule has 0 spiro atoms. The van der Waals surface area contributed by atoms with Gasteiger partial charge in [0.05, 0.1) is 4.47 Å². The van der Waals surface area contributed by atoms with E-state index in [9.17, 15) is 0 Å². The number of halogens is 2. The van der Waals surface area contributed by atoms with Crippen LogP contribution in [0.3, 0.4) is 0 Å². The van der Waals surface area contributed by atoms with Gasteiger partial charge >= 0.3 is 0 Å². The van der Waals surface area contributed by atoms with Gasteiger partial charge in [-0.05, 0) is 28.8 Å². The van der Waals surface area contributed by atoms with Gasteiger partial charge < -0.3 is 0 Å². The highest BCUT2D eigenvalue weighted by molar-refractivity contribution is 9.10. The van der Waals surface area contributed by atoms with Crippen molar-refractivity contribution in [1.29, 1.82) is 0 Å². The first-order valence-corrected chi connectivity index (χ1v) is 6.12. The van der Waals surface area contributed by atoms with Gasteiger partial charge in [0.25, 0.3) is 0 Å². The van der Waals surface area contributed by atoms with Crippen molar-refractivity contribution >= 4 is 27.5 Å². The predicted molar refractivity (Wildman–Crippen MR) is 60.6 cm³/mol. The quantitative estimate of drug-likeness (QED) is 0.726. The van der Waals surface area contributed by atoms with E-state index in [1.807, 2.05) is 0 Å². The fraction of sp³-hybridized carbons (Fsp3) is 0.600. The lowest BCUT2D eigenvalue weighted by molar-refractivity contribution is 0.428. The number of aromatic nitrogens is 2. The third-order valence-electron chi connectivity index (χ3n) is 2.69. The molecule has 0 aromatic carbocycles. The van der Waals surface area contributed by atoms with Gasteiger partial charge in [-0.2, -0.15) is 0 Å². The smallest absolute Gasteiger partial charge is 0.146 e. The van der Waals surface area contributed by atoms with Crippen molar-refractivity contribution in [1.82, 2.24) is 9.97 Å². The molecule has 0 amide bonds. The molecule has 0 radical (unpaired) electrons. The fourth-order valence-electron chi connectivity index (χ4n) is 1.92. The number of nitrogens with zero attached hydrogens (tertiary/aromatic N) is 2. The molecule has 1 aliphatic rings. The van der Waals surface area contributed by atoms with Crippen LogP contribution < -0.4 is 0 Å². The summed E-state index contributed by atoms with van der Waals surface area (Å²) in [7, 11) is 0. The monoisotopic (exact) mass is 274 g/mol. The van der Waals surface area contributed by atoms with Crippen LogP contribution in [0.2, 0.25) is 5.15 Å². The van der Waals surface area contributed by atoms with Gasteiger partial charge in [0, 0.05) is 12.1 Å². The van der Waals surface area contributed by atoms with Gasteiger partial charge in [0.2, 0.25) is 0 Å². The van der Waals surface area contributed by atoms with E-state index < -0.39 is 0 Å². The van der Waals surface area contributed by atoms with Crippen molar-refractivity contribution in [3.8, 4) is 0 Å². The van der Waals surface area contributed by atoms with Crippen molar-refractivity contribution in [2.75, 3.05) is 0 Å². The van der Waals surface area contributed by atoms with E-state index in [1.54, 1.807) is 6.20 Å². The van der Waals surface area contributed by atoms with Crippen LogP contribution in [0.25, 0.3) is 0 Å². The Labute approximate surface area is 97.2 Å². The topological polar surface area (TPSA) is 25.8 Å². The van der Waals surface area contributed by atoms with Crippen LogP contribution in [0.5, 0.6) is 0 Å². The molecule has 1 fully saturated rings. The van der Waals surface area contributed by atoms with Crippen molar-refractivity contribution < 1.29 is 0 Å². The summed E-state index contributed by atoms with van der Waals surface area (Å²) in [6.45, 7) is 0. The molecule has 4 heteroatoms. The lowest BCUT2D eigenvalue weighted by atomic mass is 9.89. The highest BCUT2D eigenvalue weighted by Crippen LogP contribution is 2.31. The molecule has 1 aliphatic carbocycles. The molecule has 0 saturated heterocycles. The van der Waals surface area contributed by atoms with E-state index >= 15 is 0 Å². The van der Waals surface area contributed by atoms with E-state index in [0.29, 0.717) is 11.1 Å². The maximum Gasteiger partial charge on any atom is 0.146 e. The minimum absolute atomic E-state index is 0.523. The van der Waals surface area contributed by atoms with Gasteiger partial charge in [-0.3, -0.25) is 0 Å². The summed E-state index contributed by atoms with van der Waals surface area (Å²) in [5.74, 6) is 1.44. The van der Waals surface area contributed by atoms with Crippen LogP contribution in [0, 0.1) is 0 Å².